The van der Waals surface area contributed by atoms with Gasteiger partial charge >= 0.3 is 0 Å². The van der Waals surface area contributed by atoms with E-state index in [1.165, 1.54) is 6.26 Å². The average molecular weight is 277 g/mol. The molecule has 4 nitrogen and oxygen atoms in total. The second kappa shape index (κ2) is 6.35. The third-order valence-corrected chi connectivity index (χ3v) is 6.15. The van der Waals surface area contributed by atoms with Gasteiger partial charge in [-0.25, -0.2) is 8.42 Å². The predicted molar refractivity (Wildman–Crippen MR) is 74.5 cm³/mol. The number of hydrogen-bond donors (Lipinski definition) is 1. The van der Waals surface area contributed by atoms with E-state index >= 15 is 0 Å². The van der Waals surface area contributed by atoms with Gasteiger partial charge in [0.25, 0.3) is 0 Å². The minimum Gasteiger partial charge on any atom is -0.381 e. The SMILES string of the molecule is CCCNC(C1CCCOC1)C(C)(C)S(C)(=O)=O. The first-order chi connectivity index (χ1) is 8.30. The molecule has 0 spiro atoms. The van der Waals surface area contributed by atoms with E-state index in [1.807, 2.05) is 13.8 Å². The van der Waals surface area contributed by atoms with E-state index in [4.69, 9.17) is 4.74 Å². The number of hydrogen-bond acceptors (Lipinski definition) is 4. The summed E-state index contributed by atoms with van der Waals surface area (Å²) < 4.78 is 28.8. The van der Waals surface area contributed by atoms with Gasteiger partial charge in [0.2, 0.25) is 0 Å². The van der Waals surface area contributed by atoms with Crippen LogP contribution in [0.3, 0.4) is 0 Å². The molecule has 5 heteroatoms. The summed E-state index contributed by atoms with van der Waals surface area (Å²) in [4.78, 5) is 0. The van der Waals surface area contributed by atoms with Crippen molar-refractivity contribution in [3.8, 4) is 0 Å². The molecule has 0 aromatic rings. The molecule has 1 rings (SSSR count). The molecule has 0 amide bonds. The van der Waals surface area contributed by atoms with Gasteiger partial charge in [0.05, 0.1) is 11.4 Å². The Morgan fingerprint density at radius 2 is 2.11 bits per heavy atom. The minimum atomic E-state index is -3.10. The van der Waals surface area contributed by atoms with Crippen LogP contribution in [0.5, 0.6) is 0 Å². The summed E-state index contributed by atoms with van der Waals surface area (Å²) >= 11 is 0. The van der Waals surface area contributed by atoms with E-state index < -0.39 is 14.6 Å². The Balaban J connectivity index is 2.89. The number of rotatable bonds is 6. The Hall–Kier alpha value is -0.130. The molecule has 108 valence electrons. The van der Waals surface area contributed by atoms with Gasteiger partial charge in [0.15, 0.2) is 9.84 Å². The highest BCUT2D eigenvalue weighted by Gasteiger charge is 2.43. The van der Waals surface area contributed by atoms with E-state index in [0.29, 0.717) is 6.61 Å². The summed E-state index contributed by atoms with van der Waals surface area (Å²) in [5.74, 6) is 0.287. The van der Waals surface area contributed by atoms with Crippen molar-refractivity contribution in [2.45, 2.75) is 50.8 Å². The lowest BCUT2D eigenvalue weighted by Gasteiger charge is -2.40. The summed E-state index contributed by atoms with van der Waals surface area (Å²) in [5, 5.41) is 3.43. The molecule has 1 heterocycles. The van der Waals surface area contributed by atoms with Crippen molar-refractivity contribution in [2.24, 2.45) is 5.92 Å². The van der Waals surface area contributed by atoms with E-state index in [0.717, 1.165) is 32.4 Å². The fourth-order valence-electron chi connectivity index (χ4n) is 2.54. The first-order valence-electron chi connectivity index (χ1n) is 6.81. The second-order valence-electron chi connectivity index (χ2n) is 5.78. The Morgan fingerprint density at radius 3 is 2.56 bits per heavy atom. The molecule has 0 radical (unpaired) electrons. The van der Waals surface area contributed by atoms with Crippen LogP contribution in [-0.4, -0.2) is 45.2 Å². The Morgan fingerprint density at radius 1 is 1.44 bits per heavy atom. The lowest BCUT2D eigenvalue weighted by molar-refractivity contribution is 0.0339. The standard InChI is InChI=1S/C13H27NO3S/c1-5-8-14-12(11-7-6-9-17-10-11)13(2,3)18(4,15)16/h11-12,14H,5-10H2,1-4H3. The normalized spacial score (nSPS) is 23.9. The molecule has 1 aliphatic heterocycles. The topological polar surface area (TPSA) is 55.4 Å². The maximum Gasteiger partial charge on any atom is 0.154 e. The predicted octanol–water partition coefficient (Wildman–Crippen LogP) is 1.60. The number of nitrogens with one attached hydrogen (secondary N) is 1. The van der Waals surface area contributed by atoms with Crippen LogP contribution in [0.15, 0.2) is 0 Å². The van der Waals surface area contributed by atoms with Gasteiger partial charge in [-0.3, -0.25) is 0 Å². The third kappa shape index (κ3) is 3.68. The van der Waals surface area contributed by atoms with Crippen LogP contribution >= 0.6 is 0 Å². The van der Waals surface area contributed by atoms with Crippen LogP contribution in [0.4, 0.5) is 0 Å². The van der Waals surface area contributed by atoms with E-state index in [-0.39, 0.29) is 12.0 Å². The second-order valence-corrected chi connectivity index (χ2v) is 8.38. The zero-order chi connectivity index (χ0) is 13.8. The molecule has 0 aliphatic carbocycles. The zero-order valence-corrected chi connectivity index (χ0v) is 12.8. The van der Waals surface area contributed by atoms with E-state index in [1.54, 1.807) is 0 Å². The van der Waals surface area contributed by atoms with Crippen molar-refractivity contribution in [1.82, 2.24) is 5.32 Å². The molecular formula is C13H27NO3S. The van der Waals surface area contributed by atoms with Crippen LogP contribution in [-0.2, 0) is 14.6 Å². The van der Waals surface area contributed by atoms with Gasteiger partial charge in [0.1, 0.15) is 0 Å². The minimum absolute atomic E-state index is 0.0345. The van der Waals surface area contributed by atoms with Crippen molar-refractivity contribution in [2.75, 3.05) is 26.0 Å². The maximum absolute atomic E-state index is 12.0. The zero-order valence-electron chi connectivity index (χ0n) is 12.0. The Bertz CT molecular complexity index is 345. The fourth-order valence-corrected chi connectivity index (χ4v) is 3.28. The monoisotopic (exact) mass is 277 g/mol. The molecule has 1 saturated heterocycles. The summed E-state index contributed by atoms with van der Waals surface area (Å²) in [5.41, 5.74) is 0. The van der Waals surface area contributed by atoms with Crippen molar-refractivity contribution in [1.29, 1.82) is 0 Å². The molecule has 1 aliphatic rings. The van der Waals surface area contributed by atoms with Crippen molar-refractivity contribution < 1.29 is 13.2 Å². The van der Waals surface area contributed by atoms with Gasteiger partial charge in [-0.1, -0.05) is 6.92 Å². The lowest BCUT2D eigenvalue weighted by atomic mass is 9.86. The summed E-state index contributed by atoms with van der Waals surface area (Å²) in [7, 11) is -3.10. The fraction of sp³-hybridized carbons (Fsp3) is 1.00. The quantitative estimate of drug-likeness (QED) is 0.801. The molecule has 18 heavy (non-hydrogen) atoms. The van der Waals surface area contributed by atoms with Gasteiger partial charge < -0.3 is 10.1 Å². The van der Waals surface area contributed by atoms with Gasteiger partial charge in [0, 0.05) is 18.9 Å². The maximum atomic E-state index is 12.0. The highest BCUT2D eigenvalue weighted by molar-refractivity contribution is 7.92. The molecular weight excluding hydrogens is 250 g/mol. The smallest absolute Gasteiger partial charge is 0.154 e. The molecule has 1 N–H and O–H groups in total. The Labute approximate surface area is 111 Å². The average Bonchev–Trinajstić information content (AvgIpc) is 2.29. The first-order valence-corrected chi connectivity index (χ1v) is 8.70. The van der Waals surface area contributed by atoms with Crippen molar-refractivity contribution in [3.05, 3.63) is 0 Å². The molecule has 0 bridgehead atoms. The summed E-state index contributed by atoms with van der Waals surface area (Å²) in [6, 6.07) is -0.0345. The van der Waals surface area contributed by atoms with Gasteiger partial charge in [-0.15, -0.1) is 0 Å². The van der Waals surface area contributed by atoms with Crippen LogP contribution in [0.2, 0.25) is 0 Å². The first kappa shape index (κ1) is 15.9. The summed E-state index contributed by atoms with van der Waals surface area (Å²) in [6.45, 7) is 8.06. The Kier molecular flexibility index (Phi) is 5.62. The van der Waals surface area contributed by atoms with Crippen LogP contribution < -0.4 is 5.32 Å². The van der Waals surface area contributed by atoms with Crippen molar-refractivity contribution in [3.63, 3.8) is 0 Å². The van der Waals surface area contributed by atoms with Crippen LogP contribution in [0.25, 0.3) is 0 Å². The molecule has 0 saturated carbocycles. The van der Waals surface area contributed by atoms with Crippen LogP contribution in [0, 0.1) is 5.92 Å². The molecule has 2 unspecified atom stereocenters. The molecule has 0 aromatic carbocycles. The number of ether oxygens (including phenoxy) is 1. The highest BCUT2D eigenvalue weighted by Crippen LogP contribution is 2.30. The third-order valence-electron chi connectivity index (χ3n) is 3.99. The van der Waals surface area contributed by atoms with Gasteiger partial charge in [-0.05, 0) is 45.6 Å². The highest BCUT2D eigenvalue weighted by atomic mass is 32.2. The summed E-state index contributed by atoms with van der Waals surface area (Å²) in [6.07, 6.45) is 4.40. The molecule has 2 atom stereocenters. The van der Waals surface area contributed by atoms with Crippen LogP contribution in [0.1, 0.15) is 40.0 Å². The number of sulfone groups is 1. The largest absolute Gasteiger partial charge is 0.381 e. The van der Waals surface area contributed by atoms with Crippen molar-refractivity contribution >= 4 is 9.84 Å². The lowest BCUT2D eigenvalue weighted by Crippen LogP contribution is -2.57. The molecule has 0 aromatic heterocycles. The molecule has 1 fully saturated rings. The van der Waals surface area contributed by atoms with Gasteiger partial charge in [-0.2, -0.15) is 0 Å². The van der Waals surface area contributed by atoms with E-state index in [2.05, 4.69) is 12.2 Å². The van der Waals surface area contributed by atoms with E-state index in [9.17, 15) is 8.42 Å².